The van der Waals surface area contributed by atoms with Crippen LogP contribution in [-0.2, 0) is 19.1 Å². The quantitative estimate of drug-likeness (QED) is 0.722. The van der Waals surface area contributed by atoms with Crippen LogP contribution in [0.2, 0.25) is 0 Å². The molecule has 0 spiro atoms. The Hall–Kier alpha value is -1.14. The van der Waals surface area contributed by atoms with Gasteiger partial charge >= 0.3 is 5.97 Å². The summed E-state index contributed by atoms with van der Waals surface area (Å²) in [6.45, 7) is 7.36. The number of nitrogens with zero attached hydrogens (tertiary/aromatic N) is 1. The van der Waals surface area contributed by atoms with Crippen molar-refractivity contribution in [3.8, 4) is 0 Å². The number of carbonyl (C=O) groups excluding carboxylic acids is 2. The lowest BCUT2D eigenvalue weighted by Gasteiger charge is -2.39. The number of amides is 1. The highest BCUT2D eigenvalue weighted by molar-refractivity contribution is 5.83. The molecule has 0 aromatic carbocycles. The van der Waals surface area contributed by atoms with E-state index in [0.29, 0.717) is 13.2 Å². The lowest BCUT2D eigenvalue weighted by atomic mass is 10.1. The number of esters is 1. The molecule has 0 aliphatic carbocycles. The number of rotatable bonds is 5. The van der Waals surface area contributed by atoms with E-state index in [9.17, 15) is 9.59 Å². The van der Waals surface area contributed by atoms with Gasteiger partial charge < -0.3 is 14.8 Å². The number of nitrogens with one attached hydrogen (secondary N) is 1. The maximum atomic E-state index is 11.7. The fraction of sp³-hybridized carbons (Fsp3) is 0.846. The zero-order valence-corrected chi connectivity index (χ0v) is 12.1. The normalized spacial score (nSPS) is 25.7. The Morgan fingerprint density at radius 3 is 2.74 bits per heavy atom. The Kier molecular flexibility index (Phi) is 6.24. The van der Waals surface area contributed by atoms with Crippen LogP contribution >= 0.6 is 0 Å². The van der Waals surface area contributed by atoms with Crippen LogP contribution < -0.4 is 5.32 Å². The molecule has 1 amide bonds. The third-order valence-corrected chi connectivity index (χ3v) is 3.33. The van der Waals surface area contributed by atoms with Gasteiger partial charge in [0.05, 0.1) is 19.8 Å². The number of hydrogen-bond donors (Lipinski definition) is 1. The molecule has 1 aliphatic rings. The van der Waals surface area contributed by atoms with E-state index in [1.807, 2.05) is 6.92 Å². The Bertz CT molecular complexity index is 322. The Labute approximate surface area is 114 Å². The molecule has 1 heterocycles. The van der Waals surface area contributed by atoms with Gasteiger partial charge in [-0.05, 0) is 13.3 Å². The van der Waals surface area contributed by atoms with Crippen LogP contribution in [-0.4, -0.2) is 61.8 Å². The molecular formula is C13H24N2O4. The molecular weight excluding hydrogens is 248 g/mol. The molecule has 1 N–H and O–H groups in total. The zero-order valence-electron chi connectivity index (χ0n) is 12.1. The van der Waals surface area contributed by atoms with E-state index in [2.05, 4.69) is 17.1 Å². The predicted octanol–water partition coefficient (Wildman–Crippen LogP) is 0.163. The van der Waals surface area contributed by atoms with Gasteiger partial charge in [0.1, 0.15) is 6.04 Å². The van der Waals surface area contributed by atoms with Crippen molar-refractivity contribution in [2.24, 2.45) is 0 Å². The maximum absolute atomic E-state index is 11.7. The van der Waals surface area contributed by atoms with E-state index >= 15 is 0 Å². The van der Waals surface area contributed by atoms with Crippen LogP contribution in [0.15, 0.2) is 0 Å². The molecule has 6 heteroatoms. The maximum Gasteiger partial charge on any atom is 0.329 e. The van der Waals surface area contributed by atoms with Crippen molar-refractivity contribution in [1.29, 1.82) is 0 Å². The van der Waals surface area contributed by atoms with E-state index in [-0.39, 0.29) is 18.1 Å². The van der Waals surface area contributed by atoms with Crippen molar-refractivity contribution >= 4 is 11.9 Å². The van der Waals surface area contributed by atoms with Crippen molar-refractivity contribution in [2.45, 2.75) is 45.4 Å². The Morgan fingerprint density at radius 1 is 1.53 bits per heavy atom. The predicted molar refractivity (Wildman–Crippen MR) is 70.7 cm³/mol. The van der Waals surface area contributed by atoms with Crippen molar-refractivity contribution in [3.05, 3.63) is 0 Å². The van der Waals surface area contributed by atoms with Crippen molar-refractivity contribution in [2.75, 3.05) is 26.8 Å². The summed E-state index contributed by atoms with van der Waals surface area (Å²) in [6, 6.07) is -0.348. The van der Waals surface area contributed by atoms with E-state index in [4.69, 9.17) is 9.47 Å². The number of hydrogen-bond acceptors (Lipinski definition) is 5. The molecule has 0 aromatic rings. The minimum absolute atomic E-state index is 0.137. The smallest absolute Gasteiger partial charge is 0.329 e. The summed E-state index contributed by atoms with van der Waals surface area (Å²) in [5, 5.41) is 2.64. The first kappa shape index (κ1) is 15.9. The topological polar surface area (TPSA) is 67.9 Å². The van der Waals surface area contributed by atoms with Gasteiger partial charge in [0.2, 0.25) is 5.91 Å². The number of methoxy groups -OCH3 is 1. The van der Waals surface area contributed by atoms with Crippen LogP contribution in [0.1, 0.15) is 27.2 Å². The highest BCUT2D eigenvalue weighted by atomic mass is 16.5. The van der Waals surface area contributed by atoms with Gasteiger partial charge in [0.15, 0.2) is 0 Å². The van der Waals surface area contributed by atoms with Crippen LogP contribution in [0.25, 0.3) is 0 Å². The molecule has 19 heavy (non-hydrogen) atoms. The van der Waals surface area contributed by atoms with Gasteiger partial charge in [-0.1, -0.05) is 6.92 Å². The first-order valence-electron chi connectivity index (χ1n) is 6.68. The molecule has 3 atom stereocenters. The van der Waals surface area contributed by atoms with Gasteiger partial charge in [-0.15, -0.1) is 0 Å². The molecule has 0 bridgehead atoms. The summed E-state index contributed by atoms with van der Waals surface area (Å²) >= 11 is 0. The third kappa shape index (κ3) is 4.80. The summed E-state index contributed by atoms with van der Waals surface area (Å²) in [5.74, 6) is -0.644. The number of ether oxygens (including phenoxy) is 2. The van der Waals surface area contributed by atoms with Crippen LogP contribution in [0, 0.1) is 0 Å². The number of carbonyl (C=O) groups is 2. The molecule has 1 fully saturated rings. The van der Waals surface area contributed by atoms with E-state index < -0.39 is 12.0 Å². The van der Waals surface area contributed by atoms with E-state index in [1.165, 1.54) is 14.0 Å². The van der Waals surface area contributed by atoms with Gasteiger partial charge in [-0.2, -0.15) is 0 Å². The summed E-state index contributed by atoms with van der Waals surface area (Å²) in [5.41, 5.74) is 0. The molecule has 0 saturated carbocycles. The summed E-state index contributed by atoms with van der Waals surface area (Å²) in [7, 11) is 1.33. The first-order chi connectivity index (χ1) is 8.97. The Balaban J connectivity index is 2.69. The van der Waals surface area contributed by atoms with Gasteiger partial charge in [-0.25, -0.2) is 4.79 Å². The first-order valence-corrected chi connectivity index (χ1v) is 6.68. The van der Waals surface area contributed by atoms with E-state index in [1.54, 1.807) is 0 Å². The molecule has 3 unspecified atom stereocenters. The average molecular weight is 272 g/mol. The lowest BCUT2D eigenvalue weighted by molar-refractivity contribution is -0.146. The zero-order chi connectivity index (χ0) is 14.4. The minimum atomic E-state index is -0.623. The SMILES string of the molecule is CCC1COC(C)CN1CC(NC(C)=O)C(=O)OC. The summed E-state index contributed by atoms with van der Waals surface area (Å²) in [4.78, 5) is 25.1. The monoisotopic (exact) mass is 272 g/mol. The van der Waals surface area contributed by atoms with Crippen molar-refractivity contribution in [1.82, 2.24) is 10.2 Å². The van der Waals surface area contributed by atoms with Crippen molar-refractivity contribution in [3.63, 3.8) is 0 Å². The Morgan fingerprint density at radius 2 is 2.21 bits per heavy atom. The second kappa shape index (κ2) is 7.45. The van der Waals surface area contributed by atoms with Crippen LogP contribution in [0.3, 0.4) is 0 Å². The second-order valence-corrected chi connectivity index (χ2v) is 4.94. The standard InChI is InChI=1S/C13H24N2O4/c1-5-11-8-19-9(2)6-15(11)7-12(13(17)18-4)14-10(3)16/h9,11-12H,5-8H2,1-4H3,(H,14,16). The van der Waals surface area contributed by atoms with E-state index in [0.717, 1.165) is 13.0 Å². The van der Waals surface area contributed by atoms with Crippen LogP contribution in [0.5, 0.6) is 0 Å². The number of morpholine rings is 1. The fourth-order valence-electron chi connectivity index (χ4n) is 2.31. The van der Waals surface area contributed by atoms with Crippen molar-refractivity contribution < 1.29 is 19.1 Å². The third-order valence-electron chi connectivity index (χ3n) is 3.33. The molecule has 0 radical (unpaired) electrons. The summed E-state index contributed by atoms with van der Waals surface area (Å²) < 4.78 is 10.4. The molecule has 1 rings (SSSR count). The molecule has 1 saturated heterocycles. The lowest BCUT2D eigenvalue weighted by Crippen LogP contribution is -2.55. The molecule has 110 valence electrons. The molecule has 6 nitrogen and oxygen atoms in total. The molecule has 0 aromatic heterocycles. The minimum Gasteiger partial charge on any atom is -0.467 e. The molecule has 1 aliphatic heterocycles. The average Bonchev–Trinajstić information content (AvgIpc) is 2.36. The highest BCUT2D eigenvalue weighted by Gasteiger charge is 2.30. The second-order valence-electron chi connectivity index (χ2n) is 4.94. The fourth-order valence-corrected chi connectivity index (χ4v) is 2.31. The van der Waals surface area contributed by atoms with Gasteiger partial charge in [0, 0.05) is 26.1 Å². The van der Waals surface area contributed by atoms with Crippen LogP contribution in [0.4, 0.5) is 0 Å². The highest BCUT2D eigenvalue weighted by Crippen LogP contribution is 2.15. The summed E-state index contributed by atoms with van der Waals surface area (Å²) in [6.07, 6.45) is 1.08. The van der Waals surface area contributed by atoms with Gasteiger partial charge in [0.25, 0.3) is 0 Å². The largest absolute Gasteiger partial charge is 0.467 e. The van der Waals surface area contributed by atoms with Gasteiger partial charge in [-0.3, -0.25) is 9.69 Å².